The van der Waals surface area contributed by atoms with E-state index in [4.69, 9.17) is 0 Å². The van der Waals surface area contributed by atoms with E-state index in [2.05, 4.69) is 19.5 Å². The first-order chi connectivity index (χ1) is 8.70. The molecule has 6 heteroatoms. The van der Waals surface area contributed by atoms with Crippen molar-refractivity contribution in [3.63, 3.8) is 0 Å². The molecule has 1 saturated heterocycles. The van der Waals surface area contributed by atoms with Crippen molar-refractivity contribution in [3.8, 4) is 0 Å². The van der Waals surface area contributed by atoms with Crippen LogP contribution in [0.15, 0.2) is 12.4 Å². The fraction of sp³-hybridized carbons (Fsp3) is 0.667. The van der Waals surface area contributed by atoms with Crippen LogP contribution in [-0.2, 0) is 16.6 Å². The summed E-state index contributed by atoms with van der Waals surface area (Å²) in [6.07, 6.45) is 4.25. The van der Waals surface area contributed by atoms with Crippen LogP contribution in [-0.4, -0.2) is 60.3 Å². The summed E-state index contributed by atoms with van der Waals surface area (Å²) >= 11 is 0. The van der Waals surface area contributed by atoms with Crippen molar-refractivity contribution in [2.75, 3.05) is 44.7 Å². The van der Waals surface area contributed by atoms with Gasteiger partial charge in [-0.15, -0.1) is 0 Å². The summed E-state index contributed by atoms with van der Waals surface area (Å²) in [4.78, 5) is 20.0. The van der Waals surface area contributed by atoms with Gasteiger partial charge in [0.25, 0.3) is 0 Å². The predicted molar refractivity (Wildman–Crippen MR) is 68.5 cm³/mol. The fourth-order valence-electron chi connectivity index (χ4n) is 2.19. The summed E-state index contributed by atoms with van der Waals surface area (Å²) in [6.45, 7) is 4.60. The number of methoxy groups -OCH3 is 1. The molecule has 0 aliphatic carbocycles. The molecular weight excluding hydrogens is 232 g/mol. The second-order valence-electron chi connectivity index (χ2n) is 4.49. The number of piperazine rings is 1. The molecule has 1 aromatic rings. The molecule has 100 valence electrons. The largest absolute Gasteiger partial charge is 0.469 e. The monoisotopic (exact) mass is 252 g/mol. The second-order valence-corrected chi connectivity index (χ2v) is 4.49. The molecule has 0 spiro atoms. The smallest absolute Gasteiger partial charge is 0.306 e. The lowest BCUT2D eigenvalue weighted by Crippen LogP contribution is -2.47. The van der Waals surface area contributed by atoms with Crippen molar-refractivity contribution in [1.82, 2.24) is 14.5 Å². The standard InChI is InChI=1S/C12H20N4O2/c1-14-6-4-13-12(14)16-9-7-15(8-10-16)5-3-11(17)18-2/h4,6H,3,5,7-10H2,1-2H3. The summed E-state index contributed by atoms with van der Waals surface area (Å²) in [5, 5.41) is 0. The van der Waals surface area contributed by atoms with Gasteiger partial charge < -0.3 is 14.2 Å². The van der Waals surface area contributed by atoms with Gasteiger partial charge in [0.15, 0.2) is 0 Å². The number of hydrogen-bond acceptors (Lipinski definition) is 5. The number of anilines is 1. The summed E-state index contributed by atoms with van der Waals surface area (Å²) < 4.78 is 6.68. The van der Waals surface area contributed by atoms with E-state index in [-0.39, 0.29) is 5.97 Å². The number of imidazole rings is 1. The molecular formula is C12H20N4O2. The number of aryl methyl sites for hydroxylation is 1. The molecule has 0 radical (unpaired) electrons. The number of rotatable bonds is 4. The van der Waals surface area contributed by atoms with Crippen LogP contribution in [0.3, 0.4) is 0 Å². The zero-order valence-corrected chi connectivity index (χ0v) is 11.0. The fourth-order valence-corrected chi connectivity index (χ4v) is 2.19. The molecule has 0 aromatic carbocycles. The maximum absolute atomic E-state index is 11.1. The highest BCUT2D eigenvalue weighted by Gasteiger charge is 2.19. The SMILES string of the molecule is COC(=O)CCN1CCN(c2nccn2C)CC1. The van der Waals surface area contributed by atoms with Crippen LogP contribution in [0.1, 0.15) is 6.42 Å². The van der Waals surface area contributed by atoms with Crippen molar-refractivity contribution < 1.29 is 9.53 Å². The second kappa shape index (κ2) is 5.86. The van der Waals surface area contributed by atoms with Crippen LogP contribution >= 0.6 is 0 Å². The Labute approximate surface area is 107 Å². The quantitative estimate of drug-likeness (QED) is 0.712. The van der Waals surface area contributed by atoms with Gasteiger partial charge in [-0.2, -0.15) is 0 Å². The van der Waals surface area contributed by atoms with Gasteiger partial charge in [0.05, 0.1) is 13.5 Å². The lowest BCUT2D eigenvalue weighted by Gasteiger charge is -2.35. The van der Waals surface area contributed by atoms with Crippen molar-refractivity contribution in [2.45, 2.75) is 6.42 Å². The average molecular weight is 252 g/mol. The minimum Gasteiger partial charge on any atom is -0.469 e. The van der Waals surface area contributed by atoms with Crippen molar-refractivity contribution >= 4 is 11.9 Å². The molecule has 0 bridgehead atoms. The Morgan fingerprint density at radius 3 is 2.67 bits per heavy atom. The van der Waals surface area contributed by atoms with Gasteiger partial charge in [0, 0.05) is 52.2 Å². The third-order valence-electron chi connectivity index (χ3n) is 3.31. The van der Waals surface area contributed by atoms with Gasteiger partial charge in [-0.1, -0.05) is 0 Å². The van der Waals surface area contributed by atoms with Crippen LogP contribution < -0.4 is 4.90 Å². The van der Waals surface area contributed by atoms with Gasteiger partial charge in [-0.3, -0.25) is 9.69 Å². The number of carbonyl (C=O) groups excluding carboxylic acids is 1. The number of ether oxygens (including phenoxy) is 1. The Morgan fingerprint density at radius 1 is 1.39 bits per heavy atom. The number of nitrogens with zero attached hydrogens (tertiary/aromatic N) is 4. The topological polar surface area (TPSA) is 50.6 Å². The van der Waals surface area contributed by atoms with Crippen LogP contribution in [0.4, 0.5) is 5.95 Å². The van der Waals surface area contributed by atoms with Crippen LogP contribution in [0.25, 0.3) is 0 Å². The molecule has 1 aliphatic heterocycles. The lowest BCUT2D eigenvalue weighted by molar-refractivity contribution is -0.141. The molecule has 1 aliphatic rings. The van der Waals surface area contributed by atoms with E-state index in [1.165, 1.54) is 7.11 Å². The molecule has 1 aromatic heterocycles. The summed E-state index contributed by atoms with van der Waals surface area (Å²) in [7, 11) is 3.44. The third-order valence-corrected chi connectivity index (χ3v) is 3.31. The molecule has 18 heavy (non-hydrogen) atoms. The van der Waals surface area contributed by atoms with E-state index >= 15 is 0 Å². The summed E-state index contributed by atoms with van der Waals surface area (Å²) in [5.41, 5.74) is 0. The molecule has 0 saturated carbocycles. The van der Waals surface area contributed by atoms with Gasteiger partial charge in [0.1, 0.15) is 0 Å². The third kappa shape index (κ3) is 3.01. The lowest BCUT2D eigenvalue weighted by atomic mass is 10.3. The highest BCUT2D eigenvalue weighted by atomic mass is 16.5. The minimum atomic E-state index is -0.137. The van der Waals surface area contributed by atoms with Crippen molar-refractivity contribution in [2.24, 2.45) is 7.05 Å². The van der Waals surface area contributed by atoms with E-state index in [1.54, 1.807) is 0 Å². The Bertz CT molecular complexity index is 397. The zero-order valence-electron chi connectivity index (χ0n) is 11.0. The first-order valence-corrected chi connectivity index (χ1v) is 6.22. The van der Waals surface area contributed by atoms with Crippen LogP contribution in [0.2, 0.25) is 0 Å². The number of carbonyl (C=O) groups is 1. The average Bonchev–Trinajstić information content (AvgIpc) is 2.83. The van der Waals surface area contributed by atoms with E-state index in [9.17, 15) is 4.79 Å². The molecule has 0 atom stereocenters. The molecule has 6 nitrogen and oxygen atoms in total. The van der Waals surface area contributed by atoms with E-state index in [0.717, 1.165) is 38.7 Å². The Morgan fingerprint density at radius 2 is 2.11 bits per heavy atom. The number of hydrogen-bond donors (Lipinski definition) is 0. The van der Waals surface area contributed by atoms with E-state index < -0.39 is 0 Å². The van der Waals surface area contributed by atoms with Gasteiger partial charge >= 0.3 is 5.97 Å². The summed E-state index contributed by atoms with van der Waals surface area (Å²) in [5.74, 6) is 0.879. The molecule has 0 unspecified atom stereocenters. The van der Waals surface area contributed by atoms with Crippen LogP contribution in [0.5, 0.6) is 0 Å². The Hall–Kier alpha value is -1.56. The minimum absolute atomic E-state index is 0.137. The zero-order chi connectivity index (χ0) is 13.0. The first-order valence-electron chi connectivity index (χ1n) is 6.22. The van der Waals surface area contributed by atoms with E-state index in [0.29, 0.717) is 6.42 Å². The normalized spacial score (nSPS) is 16.9. The number of esters is 1. The van der Waals surface area contributed by atoms with Gasteiger partial charge in [-0.25, -0.2) is 4.98 Å². The highest BCUT2D eigenvalue weighted by molar-refractivity contribution is 5.69. The Kier molecular flexibility index (Phi) is 4.19. The maximum Gasteiger partial charge on any atom is 0.306 e. The molecule has 0 amide bonds. The predicted octanol–water partition coefficient (Wildman–Crippen LogP) is 0.105. The molecule has 2 rings (SSSR count). The highest BCUT2D eigenvalue weighted by Crippen LogP contribution is 2.12. The van der Waals surface area contributed by atoms with Crippen molar-refractivity contribution in [1.29, 1.82) is 0 Å². The summed E-state index contributed by atoms with van der Waals surface area (Å²) in [6, 6.07) is 0. The first kappa shape index (κ1) is 12.9. The number of aromatic nitrogens is 2. The van der Waals surface area contributed by atoms with Crippen LogP contribution in [0, 0.1) is 0 Å². The maximum atomic E-state index is 11.1. The van der Waals surface area contributed by atoms with E-state index in [1.807, 2.05) is 24.0 Å². The van der Waals surface area contributed by atoms with Gasteiger partial charge in [-0.05, 0) is 0 Å². The molecule has 0 N–H and O–H groups in total. The van der Waals surface area contributed by atoms with Gasteiger partial charge in [0.2, 0.25) is 5.95 Å². The molecule has 2 heterocycles. The molecule has 1 fully saturated rings. The Balaban J connectivity index is 1.78. The van der Waals surface area contributed by atoms with Crippen molar-refractivity contribution in [3.05, 3.63) is 12.4 Å².